The number of hydrogen-bond donors (Lipinski definition) is 3. The lowest BCUT2D eigenvalue weighted by atomic mass is 9.92. The summed E-state index contributed by atoms with van der Waals surface area (Å²) in [5.41, 5.74) is 1.33. The number of para-hydroxylation sites is 1. The van der Waals surface area contributed by atoms with Crippen LogP contribution in [-0.2, 0) is 20.9 Å². The molecule has 1 aliphatic rings. The molecule has 0 bridgehead atoms. The number of phenols is 1. The summed E-state index contributed by atoms with van der Waals surface area (Å²) in [7, 11) is 3.15. The molecule has 0 aliphatic heterocycles. The highest BCUT2D eigenvalue weighted by Gasteiger charge is 2.27. The molecule has 34 heavy (non-hydrogen) atoms. The monoisotopic (exact) mass is 465 g/mol. The van der Waals surface area contributed by atoms with Gasteiger partial charge < -0.3 is 25.4 Å². The number of carbonyl (C=O) groups excluding carboxylic acids is 3. The number of benzene rings is 2. The van der Waals surface area contributed by atoms with E-state index in [1.165, 1.54) is 17.0 Å². The first-order chi connectivity index (χ1) is 16.4. The Hall–Kier alpha value is -3.65. The van der Waals surface area contributed by atoms with E-state index in [4.69, 9.17) is 4.74 Å². The maximum absolute atomic E-state index is 12.3. The van der Waals surface area contributed by atoms with Crippen LogP contribution in [0.3, 0.4) is 0 Å². The third-order valence-corrected chi connectivity index (χ3v) is 5.82. The maximum atomic E-state index is 12.3. The number of hydrogen-bond acceptors (Lipinski definition) is 7. The molecule has 3 rings (SSSR count). The molecule has 0 unspecified atom stereocenters. The van der Waals surface area contributed by atoms with Crippen molar-refractivity contribution in [1.29, 1.82) is 0 Å². The Morgan fingerprint density at radius 2 is 1.74 bits per heavy atom. The first-order valence-corrected chi connectivity index (χ1v) is 11.3. The number of aromatic hydroxyl groups is 1. The first kappa shape index (κ1) is 25.0. The third-order valence-electron chi connectivity index (χ3n) is 5.82. The highest BCUT2D eigenvalue weighted by Crippen LogP contribution is 2.30. The zero-order chi connectivity index (χ0) is 24.5. The second kappa shape index (κ2) is 12.0. The number of rotatable bonds is 10. The summed E-state index contributed by atoms with van der Waals surface area (Å²) in [5.74, 6) is -0.681. The van der Waals surface area contributed by atoms with Gasteiger partial charge in [-0.2, -0.15) is 0 Å². The van der Waals surface area contributed by atoms with E-state index < -0.39 is 0 Å². The molecule has 0 radical (unpaired) electrons. The quantitative estimate of drug-likeness (QED) is 0.281. The van der Waals surface area contributed by atoms with Gasteiger partial charge in [0.05, 0.1) is 30.0 Å². The van der Waals surface area contributed by atoms with E-state index in [1.54, 1.807) is 20.2 Å². The van der Waals surface area contributed by atoms with Crippen molar-refractivity contribution in [2.24, 2.45) is 0 Å². The molecule has 8 nitrogen and oxygen atoms in total. The number of aldehydes is 2. The Kier molecular flexibility index (Phi) is 8.81. The molecule has 1 amide bonds. The average molecular weight is 466 g/mol. The normalized spacial score (nSPS) is 18.4. The van der Waals surface area contributed by atoms with E-state index in [2.05, 4.69) is 10.6 Å². The highest BCUT2D eigenvalue weighted by atomic mass is 16.5. The number of nitrogens with zero attached hydrogens (tertiary/aromatic N) is 1. The predicted octanol–water partition coefficient (Wildman–Crippen LogP) is 3.23. The zero-order valence-corrected chi connectivity index (χ0v) is 19.5. The molecule has 8 heteroatoms. The number of allylic oxidation sites excluding steroid dienone is 2. The number of amides is 1. The van der Waals surface area contributed by atoms with Gasteiger partial charge in [-0.25, -0.2) is 0 Å². The molecule has 0 saturated heterocycles. The summed E-state index contributed by atoms with van der Waals surface area (Å²) < 4.78 is 6.15. The average Bonchev–Trinajstić information content (AvgIpc) is 2.86. The molecule has 3 N–H and O–H groups in total. The van der Waals surface area contributed by atoms with Crippen molar-refractivity contribution in [3.05, 3.63) is 71.1 Å². The number of ether oxygens (including phenoxy) is 1. The molecule has 1 aliphatic carbocycles. The first-order valence-electron chi connectivity index (χ1n) is 11.3. The van der Waals surface area contributed by atoms with E-state index in [1.807, 2.05) is 30.3 Å². The molecule has 0 aromatic heterocycles. The van der Waals surface area contributed by atoms with Gasteiger partial charge in [-0.1, -0.05) is 49.2 Å². The molecule has 180 valence electrons. The predicted molar refractivity (Wildman–Crippen MR) is 129 cm³/mol. The van der Waals surface area contributed by atoms with E-state index in [0.29, 0.717) is 19.2 Å². The summed E-state index contributed by atoms with van der Waals surface area (Å²) in [6, 6.07) is 14.3. The van der Waals surface area contributed by atoms with Gasteiger partial charge in [0.15, 0.2) is 18.3 Å². The maximum Gasteiger partial charge on any atom is 0.257 e. The zero-order valence-electron chi connectivity index (χ0n) is 19.5. The van der Waals surface area contributed by atoms with Crippen LogP contribution in [0.5, 0.6) is 5.75 Å². The fraction of sp³-hybridized carbons (Fsp3) is 0.346. The van der Waals surface area contributed by atoms with Gasteiger partial charge in [0, 0.05) is 14.1 Å². The van der Waals surface area contributed by atoms with Gasteiger partial charge in [-0.05, 0) is 30.5 Å². The minimum atomic E-state index is -0.382. The van der Waals surface area contributed by atoms with Gasteiger partial charge in [-0.15, -0.1) is 0 Å². The van der Waals surface area contributed by atoms with Crippen LogP contribution in [0.1, 0.15) is 41.6 Å². The number of phenolic OH excluding ortho intramolecular Hbond substituents is 1. The Morgan fingerprint density at radius 3 is 2.41 bits per heavy atom. The summed E-state index contributed by atoms with van der Waals surface area (Å²) in [4.78, 5) is 37.4. The lowest BCUT2D eigenvalue weighted by Gasteiger charge is -2.33. The highest BCUT2D eigenvalue weighted by molar-refractivity contribution is 5.99. The lowest BCUT2D eigenvalue weighted by molar-refractivity contribution is -0.107. The smallest absolute Gasteiger partial charge is 0.257 e. The minimum absolute atomic E-state index is 0.0351. The standard InChI is InChI=1S/C26H31N3O5/c1-29(2)26(33)19-11-8-13-21(25(19)32)28-23(16-31)22(15-30)27-20-12-6-7-14-24(20)34-17-18-9-4-3-5-10-18/h3-5,8-11,13,15-16,20,24,27-28,32H,6-7,12,14,17H2,1-2H3/b23-22-/t20-,24-/m1/s1. The van der Waals surface area contributed by atoms with Crippen LogP contribution < -0.4 is 10.6 Å². The van der Waals surface area contributed by atoms with Crippen molar-refractivity contribution < 1.29 is 24.2 Å². The van der Waals surface area contributed by atoms with E-state index in [-0.39, 0.29) is 46.4 Å². The summed E-state index contributed by atoms with van der Waals surface area (Å²) in [6.07, 6.45) is 4.61. The number of nitrogens with one attached hydrogen (secondary N) is 2. The SMILES string of the molecule is CN(C)C(=O)c1cccc(N/C(C=O)=C(/C=O)N[C@@H]2CCCC[C@H]2OCc2ccccc2)c1O. The Bertz CT molecular complexity index is 1040. The lowest BCUT2D eigenvalue weighted by Crippen LogP contribution is -2.44. The molecule has 2 aromatic rings. The number of carbonyl (C=O) groups is 3. The summed E-state index contributed by atoms with van der Waals surface area (Å²) in [5, 5.41) is 16.5. The van der Waals surface area contributed by atoms with Crippen LogP contribution in [0.25, 0.3) is 0 Å². The number of anilines is 1. The van der Waals surface area contributed by atoms with E-state index >= 15 is 0 Å². The van der Waals surface area contributed by atoms with Crippen molar-refractivity contribution >= 4 is 24.2 Å². The van der Waals surface area contributed by atoms with Gasteiger partial charge >= 0.3 is 0 Å². The van der Waals surface area contributed by atoms with Gasteiger partial charge in [0.1, 0.15) is 11.4 Å². The van der Waals surface area contributed by atoms with Crippen LogP contribution >= 0.6 is 0 Å². The molecular formula is C26H31N3O5. The molecule has 1 saturated carbocycles. The minimum Gasteiger partial charge on any atom is -0.505 e. The van der Waals surface area contributed by atoms with Gasteiger partial charge in [-0.3, -0.25) is 14.4 Å². The van der Waals surface area contributed by atoms with Crippen molar-refractivity contribution in [3.8, 4) is 5.75 Å². The van der Waals surface area contributed by atoms with Crippen LogP contribution in [0.4, 0.5) is 5.69 Å². The van der Waals surface area contributed by atoms with Crippen molar-refractivity contribution in [2.75, 3.05) is 19.4 Å². The fourth-order valence-corrected chi connectivity index (χ4v) is 3.98. The van der Waals surface area contributed by atoms with Crippen LogP contribution in [0.2, 0.25) is 0 Å². The van der Waals surface area contributed by atoms with Crippen LogP contribution in [0, 0.1) is 0 Å². The van der Waals surface area contributed by atoms with Gasteiger partial charge in [0.25, 0.3) is 5.91 Å². The van der Waals surface area contributed by atoms with Crippen LogP contribution in [-0.4, -0.2) is 54.7 Å². The van der Waals surface area contributed by atoms with E-state index in [9.17, 15) is 19.5 Å². The molecule has 1 fully saturated rings. The third kappa shape index (κ3) is 6.23. The molecule has 2 aromatic carbocycles. The Labute approximate surface area is 199 Å². The summed E-state index contributed by atoms with van der Waals surface area (Å²) >= 11 is 0. The van der Waals surface area contributed by atoms with Crippen LogP contribution in [0.15, 0.2) is 59.9 Å². The second-order valence-corrected chi connectivity index (χ2v) is 8.46. The van der Waals surface area contributed by atoms with Crippen molar-refractivity contribution in [3.63, 3.8) is 0 Å². The van der Waals surface area contributed by atoms with Crippen molar-refractivity contribution in [2.45, 2.75) is 44.4 Å². The largest absolute Gasteiger partial charge is 0.505 e. The Balaban J connectivity index is 1.78. The van der Waals surface area contributed by atoms with Gasteiger partial charge in [0.2, 0.25) is 0 Å². The summed E-state index contributed by atoms with van der Waals surface area (Å²) in [6.45, 7) is 0.461. The van der Waals surface area contributed by atoms with Crippen molar-refractivity contribution in [1.82, 2.24) is 10.2 Å². The second-order valence-electron chi connectivity index (χ2n) is 8.46. The molecule has 2 atom stereocenters. The van der Waals surface area contributed by atoms with E-state index in [0.717, 1.165) is 31.2 Å². The molecular weight excluding hydrogens is 434 g/mol. The molecule has 0 heterocycles. The Morgan fingerprint density at radius 1 is 1.03 bits per heavy atom. The topological polar surface area (TPSA) is 108 Å². The molecule has 0 spiro atoms. The fourth-order valence-electron chi connectivity index (χ4n) is 3.98.